The van der Waals surface area contributed by atoms with Gasteiger partial charge in [0, 0.05) is 19.6 Å². The van der Waals surface area contributed by atoms with Gasteiger partial charge in [-0.3, -0.25) is 0 Å². The van der Waals surface area contributed by atoms with E-state index >= 15 is 0 Å². The number of rotatable bonds is 10. The summed E-state index contributed by atoms with van der Waals surface area (Å²) >= 11 is 0. The van der Waals surface area contributed by atoms with Gasteiger partial charge in [0.05, 0.1) is 25.9 Å². The fourth-order valence-electron chi connectivity index (χ4n) is 0.985. The van der Waals surface area contributed by atoms with Crippen molar-refractivity contribution in [2.75, 3.05) is 53.6 Å². The van der Waals surface area contributed by atoms with Crippen LogP contribution in [0.4, 0.5) is 0 Å². The highest BCUT2D eigenvalue weighted by molar-refractivity contribution is 4.47. The third-order valence-electron chi connectivity index (χ3n) is 1.84. The Balaban J connectivity index is 2.93. The second-order valence-corrected chi connectivity index (χ2v) is 4.09. The molecule has 0 heterocycles. The Morgan fingerprint density at radius 1 is 1.07 bits per heavy atom. The molecular weight excluding hydrogens is 192 g/mol. The first kappa shape index (κ1) is 14.8. The Morgan fingerprint density at radius 3 is 2.33 bits per heavy atom. The molecule has 0 aliphatic heterocycles. The molecule has 0 unspecified atom stereocenters. The lowest BCUT2D eigenvalue weighted by atomic mass is 10.5. The molecule has 0 radical (unpaired) electrons. The van der Waals surface area contributed by atoms with E-state index in [2.05, 4.69) is 10.2 Å². The number of hydrogen-bond donors (Lipinski definition) is 1. The van der Waals surface area contributed by atoms with Crippen molar-refractivity contribution in [1.82, 2.24) is 10.2 Å². The molecule has 0 aromatic rings. The second kappa shape index (κ2) is 10.4. The average Bonchev–Trinajstić information content (AvgIpc) is 2.14. The summed E-state index contributed by atoms with van der Waals surface area (Å²) < 4.78 is 10.8. The first-order valence-electron chi connectivity index (χ1n) is 5.67. The minimum Gasteiger partial charge on any atom is -0.379 e. The third-order valence-corrected chi connectivity index (χ3v) is 1.84. The van der Waals surface area contributed by atoms with Crippen LogP contribution in [-0.2, 0) is 9.47 Å². The molecule has 92 valence electrons. The summed E-state index contributed by atoms with van der Waals surface area (Å²) in [4.78, 5) is 2.11. The predicted molar refractivity (Wildman–Crippen MR) is 63.3 cm³/mol. The molecule has 0 amide bonds. The molecule has 0 aromatic carbocycles. The maximum absolute atomic E-state index is 5.43. The highest BCUT2D eigenvalue weighted by Gasteiger charge is 1.93. The van der Waals surface area contributed by atoms with Crippen LogP contribution < -0.4 is 5.32 Å². The quantitative estimate of drug-likeness (QED) is 0.544. The zero-order chi connectivity index (χ0) is 11.5. The second-order valence-electron chi connectivity index (χ2n) is 4.09. The lowest BCUT2D eigenvalue weighted by Gasteiger charge is -2.11. The van der Waals surface area contributed by atoms with Crippen LogP contribution in [0.15, 0.2) is 0 Å². The molecule has 0 saturated carbocycles. The largest absolute Gasteiger partial charge is 0.379 e. The van der Waals surface area contributed by atoms with Gasteiger partial charge in [-0.05, 0) is 27.9 Å². The van der Waals surface area contributed by atoms with Crippen molar-refractivity contribution in [1.29, 1.82) is 0 Å². The molecule has 15 heavy (non-hydrogen) atoms. The Hall–Kier alpha value is -0.160. The molecule has 1 N–H and O–H groups in total. The van der Waals surface area contributed by atoms with Gasteiger partial charge in [-0.15, -0.1) is 0 Å². The van der Waals surface area contributed by atoms with Crippen LogP contribution >= 0.6 is 0 Å². The molecule has 0 aliphatic rings. The zero-order valence-corrected chi connectivity index (χ0v) is 10.6. The van der Waals surface area contributed by atoms with Crippen LogP contribution in [-0.4, -0.2) is 64.6 Å². The van der Waals surface area contributed by atoms with Crippen LogP contribution in [0.5, 0.6) is 0 Å². The number of ether oxygens (including phenoxy) is 2. The van der Waals surface area contributed by atoms with Gasteiger partial charge in [0.25, 0.3) is 0 Å². The average molecular weight is 218 g/mol. The molecule has 0 rings (SSSR count). The van der Waals surface area contributed by atoms with Gasteiger partial charge in [-0.25, -0.2) is 0 Å². The fraction of sp³-hybridized carbons (Fsp3) is 1.00. The smallest absolute Gasteiger partial charge is 0.0594 e. The first-order chi connectivity index (χ1) is 7.13. The highest BCUT2D eigenvalue weighted by Crippen LogP contribution is 1.84. The molecule has 0 aromatic heterocycles. The van der Waals surface area contributed by atoms with Gasteiger partial charge in [-0.1, -0.05) is 0 Å². The van der Waals surface area contributed by atoms with Gasteiger partial charge in [0.15, 0.2) is 0 Å². The maximum atomic E-state index is 5.43. The molecule has 4 nitrogen and oxygen atoms in total. The van der Waals surface area contributed by atoms with E-state index in [1.807, 2.05) is 27.9 Å². The summed E-state index contributed by atoms with van der Waals surface area (Å²) in [7, 11) is 4.09. The van der Waals surface area contributed by atoms with Crippen molar-refractivity contribution in [2.24, 2.45) is 0 Å². The van der Waals surface area contributed by atoms with Crippen molar-refractivity contribution in [3.05, 3.63) is 0 Å². The minimum atomic E-state index is 0.322. The Morgan fingerprint density at radius 2 is 1.73 bits per heavy atom. The summed E-state index contributed by atoms with van der Waals surface area (Å²) in [6, 6.07) is 0. The van der Waals surface area contributed by atoms with Crippen molar-refractivity contribution in [3.8, 4) is 0 Å². The fourth-order valence-corrected chi connectivity index (χ4v) is 0.985. The van der Waals surface area contributed by atoms with Crippen molar-refractivity contribution in [3.63, 3.8) is 0 Å². The van der Waals surface area contributed by atoms with Gasteiger partial charge in [-0.2, -0.15) is 0 Å². The van der Waals surface area contributed by atoms with Crippen molar-refractivity contribution < 1.29 is 9.47 Å². The van der Waals surface area contributed by atoms with E-state index in [1.54, 1.807) is 0 Å². The molecule has 0 aliphatic carbocycles. The molecule has 0 atom stereocenters. The van der Waals surface area contributed by atoms with E-state index in [1.165, 1.54) is 0 Å². The first-order valence-corrected chi connectivity index (χ1v) is 5.67. The van der Waals surface area contributed by atoms with Crippen molar-refractivity contribution in [2.45, 2.75) is 20.0 Å². The SMILES string of the molecule is CC(C)OCCNCCOCCN(C)C. The summed E-state index contributed by atoms with van der Waals surface area (Å²) in [5.41, 5.74) is 0. The molecule has 0 saturated heterocycles. The maximum Gasteiger partial charge on any atom is 0.0594 e. The van der Waals surface area contributed by atoms with E-state index in [-0.39, 0.29) is 0 Å². The Labute approximate surface area is 93.9 Å². The van der Waals surface area contributed by atoms with Crippen LogP contribution in [0.1, 0.15) is 13.8 Å². The van der Waals surface area contributed by atoms with E-state index in [9.17, 15) is 0 Å². The van der Waals surface area contributed by atoms with E-state index in [0.717, 1.165) is 39.5 Å². The normalized spacial score (nSPS) is 11.6. The van der Waals surface area contributed by atoms with Gasteiger partial charge in [0.2, 0.25) is 0 Å². The summed E-state index contributed by atoms with van der Waals surface area (Å²) in [6.07, 6.45) is 0.322. The Bertz CT molecular complexity index is 116. The number of nitrogens with zero attached hydrogens (tertiary/aromatic N) is 1. The molecule has 4 heteroatoms. The van der Waals surface area contributed by atoms with Gasteiger partial charge in [0.1, 0.15) is 0 Å². The van der Waals surface area contributed by atoms with Crippen LogP contribution in [0.3, 0.4) is 0 Å². The van der Waals surface area contributed by atoms with Crippen LogP contribution in [0.25, 0.3) is 0 Å². The lowest BCUT2D eigenvalue weighted by Crippen LogP contribution is -2.26. The van der Waals surface area contributed by atoms with E-state index < -0.39 is 0 Å². The highest BCUT2D eigenvalue weighted by atomic mass is 16.5. The summed E-state index contributed by atoms with van der Waals surface area (Å²) in [5.74, 6) is 0. The zero-order valence-electron chi connectivity index (χ0n) is 10.6. The van der Waals surface area contributed by atoms with E-state index in [0.29, 0.717) is 6.10 Å². The summed E-state index contributed by atoms with van der Waals surface area (Å²) in [6.45, 7) is 9.22. The molecule has 0 spiro atoms. The third kappa shape index (κ3) is 13.8. The molecular formula is C11H26N2O2. The number of hydrogen-bond acceptors (Lipinski definition) is 4. The number of nitrogens with one attached hydrogen (secondary N) is 1. The predicted octanol–water partition coefficient (Wildman–Crippen LogP) is 0.579. The summed E-state index contributed by atoms with van der Waals surface area (Å²) in [5, 5.41) is 3.27. The monoisotopic (exact) mass is 218 g/mol. The van der Waals surface area contributed by atoms with Crippen LogP contribution in [0, 0.1) is 0 Å². The van der Waals surface area contributed by atoms with Crippen LogP contribution in [0.2, 0.25) is 0 Å². The van der Waals surface area contributed by atoms with Crippen molar-refractivity contribution >= 4 is 0 Å². The number of likely N-dealkylation sites (N-methyl/N-ethyl adjacent to an activating group) is 1. The van der Waals surface area contributed by atoms with Gasteiger partial charge < -0.3 is 19.7 Å². The standard InChI is InChI=1S/C11H26N2O2/c1-11(2)15-9-6-12-5-8-14-10-7-13(3)4/h11-12H,5-10H2,1-4H3. The van der Waals surface area contributed by atoms with E-state index in [4.69, 9.17) is 9.47 Å². The topological polar surface area (TPSA) is 33.7 Å². The van der Waals surface area contributed by atoms with Gasteiger partial charge >= 0.3 is 0 Å². The Kier molecular flexibility index (Phi) is 10.3. The minimum absolute atomic E-state index is 0.322. The molecule has 0 fully saturated rings. The molecule has 0 bridgehead atoms. The lowest BCUT2D eigenvalue weighted by molar-refractivity contribution is 0.0775.